The molecule has 0 atom stereocenters. The van der Waals surface area contributed by atoms with Gasteiger partial charge >= 0.3 is 0 Å². The summed E-state index contributed by atoms with van der Waals surface area (Å²) in [6, 6.07) is 12.6. The van der Waals surface area contributed by atoms with E-state index in [4.69, 9.17) is 9.15 Å². The highest BCUT2D eigenvalue weighted by Crippen LogP contribution is 2.22. The number of hydrogen-bond acceptors (Lipinski definition) is 7. The van der Waals surface area contributed by atoms with E-state index in [2.05, 4.69) is 15.5 Å². The van der Waals surface area contributed by atoms with Gasteiger partial charge in [0.25, 0.3) is 11.6 Å². The number of amides is 1. The molecule has 0 unspecified atom stereocenters. The number of nitrogens with zero attached hydrogens (tertiary/aromatic N) is 3. The van der Waals surface area contributed by atoms with Crippen molar-refractivity contribution in [3.63, 3.8) is 0 Å². The summed E-state index contributed by atoms with van der Waals surface area (Å²) in [7, 11) is 0. The number of nitro groups is 1. The van der Waals surface area contributed by atoms with E-state index in [1.165, 1.54) is 18.2 Å². The molecule has 3 aromatic rings. The Balaban J connectivity index is 1.55. The number of carbonyl (C=O) groups excluding carboxylic acids is 1. The molecule has 1 heterocycles. The summed E-state index contributed by atoms with van der Waals surface area (Å²) in [4.78, 5) is 22.2. The first-order valence-corrected chi connectivity index (χ1v) is 8.15. The lowest BCUT2D eigenvalue weighted by Crippen LogP contribution is -2.20. The van der Waals surface area contributed by atoms with Gasteiger partial charge in [0.15, 0.2) is 6.61 Å². The van der Waals surface area contributed by atoms with Crippen LogP contribution in [0.5, 0.6) is 5.75 Å². The molecule has 9 heteroatoms. The van der Waals surface area contributed by atoms with Crippen molar-refractivity contribution in [3.05, 3.63) is 64.5 Å². The molecule has 27 heavy (non-hydrogen) atoms. The molecule has 0 saturated heterocycles. The van der Waals surface area contributed by atoms with Crippen LogP contribution < -0.4 is 10.1 Å². The van der Waals surface area contributed by atoms with Crippen molar-refractivity contribution < 1.29 is 18.9 Å². The predicted octanol–water partition coefficient (Wildman–Crippen LogP) is 3.22. The minimum Gasteiger partial charge on any atom is -0.484 e. The van der Waals surface area contributed by atoms with Gasteiger partial charge in [-0.05, 0) is 30.3 Å². The fraction of sp³-hybridized carbons (Fsp3) is 0.167. The summed E-state index contributed by atoms with van der Waals surface area (Å²) in [5, 5.41) is 21.2. The van der Waals surface area contributed by atoms with E-state index in [1.807, 2.05) is 6.92 Å². The summed E-state index contributed by atoms with van der Waals surface area (Å²) in [5.74, 6) is 1.04. The monoisotopic (exact) mass is 368 g/mol. The number of hydrogen-bond donors (Lipinski definition) is 1. The molecular formula is C18H16N4O5. The van der Waals surface area contributed by atoms with E-state index in [0.717, 1.165) is 5.56 Å². The zero-order valence-corrected chi connectivity index (χ0v) is 14.4. The van der Waals surface area contributed by atoms with Crippen LogP contribution in [0.15, 0.2) is 52.9 Å². The average Bonchev–Trinajstić information content (AvgIpc) is 3.16. The second-order valence-corrected chi connectivity index (χ2v) is 5.52. The van der Waals surface area contributed by atoms with Crippen molar-refractivity contribution in [2.45, 2.75) is 13.3 Å². The standard InChI is InChI=1S/C18H16N4O5/c1-2-17-20-21-18(27-17)12-6-8-15(9-7-12)26-11-16(23)19-13-4-3-5-14(10-13)22(24)25/h3-10H,2,11H2,1H3,(H,19,23). The highest BCUT2D eigenvalue weighted by molar-refractivity contribution is 5.92. The van der Waals surface area contributed by atoms with E-state index in [-0.39, 0.29) is 12.3 Å². The molecule has 2 aromatic carbocycles. The van der Waals surface area contributed by atoms with Crippen LogP contribution in [-0.4, -0.2) is 27.6 Å². The third-order valence-electron chi connectivity index (χ3n) is 3.58. The number of aromatic nitrogens is 2. The third-order valence-corrected chi connectivity index (χ3v) is 3.58. The largest absolute Gasteiger partial charge is 0.484 e. The molecule has 0 spiro atoms. The maximum atomic E-state index is 12.0. The third kappa shape index (κ3) is 4.66. The van der Waals surface area contributed by atoms with Crippen LogP contribution in [0.2, 0.25) is 0 Å². The molecule has 0 fully saturated rings. The van der Waals surface area contributed by atoms with Gasteiger partial charge in [-0.1, -0.05) is 13.0 Å². The number of anilines is 1. The van der Waals surface area contributed by atoms with Gasteiger partial charge in [0.05, 0.1) is 4.92 Å². The number of ether oxygens (including phenoxy) is 1. The van der Waals surface area contributed by atoms with Crippen LogP contribution in [0.25, 0.3) is 11.5 Å². The number of rotatable bonds is 7. The first-order chi connectivity index (χ1) is 13.0. The topological polar surface area (TPSA) is 120 Å². The second-order valence-electron chi connectivity index (χ2n) is 5.52. The molecule has 0 saturated carbocycles. The lowest BCUT2D eigenvalue weighted by Gasteiger charge is -2.07. The molecular weight excluding hydrogens is 352 g/mol. The fourth-order valence-electron chi connectivity index (χ4n) is 2.25. The Morgan fingerprint density at radius 2 is 2.00 bits per heavy atom. The minimum atomic E-state index is -0.527. The van der Waals surface area contributed by atoms with Gasteiger partial charge in [0.1, 0.15) is 5.75 Å². The summed E-state index contributed by atoms with van der Waals surface area (Å²) in [6.45, 7) is 1.69. The summed E-state index contributed by atoms with van der Waals surface area (Å²) < 4.78 is 10.9. The molecule has 1 aromatic heterocycles. The molecule has 1 N–H and O–H groups in total. The van der Waals surface area contributed by atoms with Gasteiger partial charge in [-0.3, -0.25) is 14.9 Å². The zero-order valence-electron chi connectivity index (χ0n) is 14.4. The molecule has 0 radical (unpaired) electrons. The molecule has 0 aliphatic carbocycles. The van der Waals surface area contributed by atoms with Crippen LogP contribution in [0.3, 0.4) is 0 Å². The van der Waals surface area contributed by atoms with E-state index >= 15 is 0 Å². The number of benzene rings is 2. The summed E-state index contributed by atoms with van der Waals surface area (Å²) in [6.07, 6.45) is 0.661. The quantitative estimate of drug-likeness (QED) is 0.502. The number of nitro benzene ring substituents is 1. The van der Waals surface area contributed by atoms with Crippen LogP contribution in [0.4, 0.5) is 11.4 Å². The summed E-state index contributed by atoms with van der Waals surface area (Å²) in [5.41, 5.74) is 0.975. The first kappa shape index (κ1) is 18.1. The zero-order chi connectivity index (χ0) is 19.2. The normalized spacial score (nSPS) is 10.4. The molecule has 0 aliphatic rings. The van der Waals surface area contributed by atoms with Crippen molar-refractivity contribution in [1.82, 2.24) is 10.2 Å². The van der Waals surface area contributed by atoms with E-state index in [0.29, 0.717) is 29.6 Å². The SMILES string of the molecule is CCc1nnc(-c2ccc(OCC(=O)Nc3cccc([N+](=O)[O-])c3)cc2)o1. The Kier molecular flexibility index (Phi) is 5.41. The van der Waals surface area contributed by atoms with Gasteiger partial charge in [0.2, 0.25) is 11.8 Å². The maximum absolute atomic E-state index is 12.0. The molecule has 0 bridgehead atoms. The average molecular weight is 368 g/mol. The minimum absolute atomic E-state index is 0.100. The maximum Gasteiger partial charge on any atom is 0.271 e. The lowest BCUT2D eigenvalue weighted by molar-refractivity contribution is -0.384. The molecule has 138 valence electrons. The van der Waals surface area contributed by atoms with Crippen molar-refractivity contribution >= 4 is 17.3 Å². The lowest BCUT2D eigenvalue weighted by atomic mass is 10.2. The Morgan fingerprint density at radius 3 is 2.67 bits per heavy atom. The van der Waals surface area contributed by atoms with Gasteiger partial charge in [-0.2, -0.15) is 0 Å². The van der Waals surface area contributed by atoms with E-state index < -0.39 is 10.8 Å². The van der Waals surface area contributed by atoms with Crippen LogP contribution in [0.1, 0.15) is 12.8 Å². The van der Waals surface area contributed by atoms with Crippen molar-refractivity contribution in [2.75, 3.05) is 11.9 Å². The van der Waals surface area contributed by atoms with Crippen LogP contribution in [-0.2, 0) is 11.2 Å². The summed E-state index contributed by atoms with van der Waals surface area (Å²) >= 11 is 0. The number of carbonyl (C=O) groups is 1. The second kappa shape index (κ2) is 8.09. The highest BCUT2D eigenvalue weighted by Gasteiger charge is 2.10. The van der Waals surface area contributed by atoms with Gasteiger partial charge in [-0.25, -0.2) is 0 Å². The van der Waals surface area contributed by atoms with E-state index in [9.17, 15) is 14.9 Å². The Labute approximate surface area is 154 Å². The molecule has 9 nitrogen and oxygen atoms in total. The molecule has 1 amide bonds. The Bertz CT molecular complexity index is 952. The predicted molar refractivity (Wildman–Crippen MR) is 96.3 cm³/mol. The Hall–Kier alpha value is -3.75. The van der Waals surface area contributed by atoms with Crippen LogP contribution >= 0.6 is 0 Å². The number of non-ortho nitro benzene ring substituents is 1. The van der Waals surface area contributed by atoms with Gasteiger partial charge in [-0.15, -0.1) is 10.2 Å². The van der Waals surface area contributed by atoms with E-state index in [1.54, 1.807) is 30.3 Å². The first-order valence-electron chi connectivity index (χ1n) is 8.15. The van der Waals surface area contributed by atoms with Gasteiger partial charge in [0, 0.05) is 29.8 Å². The molecule has 0 aliphatic heterocycles. The van der Waals surface area contributed by atoms with Gasteiger partial charge < -0.3 is 14.5 Å². The van der Waals surface area contributed by atoms with Crippen molar-refractivity contribution in [2.24, 2.45) is 0 Å². The highest BCUT2D eigenvalue weighted by atomic mass is 16.6. The smallest absolute Gasteiger partial charge is 0.271 e. The van der Waals surface area contributed by atoms with Crippen LogP contribution in [0, 0.1) is 10.1 Å². The number of nitrogens with one attached hydrogen (secondary N) is 1. The fourth-order valence-corrected chi connectivity index (χ4v) is 2.25. The molecule has 3 rings (SSSR count). The number of aryl methyl sites for hydroxylation is 1. The van der Waals surface area contributed by atoms with Crippen molar-refractivity contribution in [3.8, 4) is 17.2 Å². The van der Waals surface area contributed by atoms with Crippen molar-refractivity contribution in [1.29, 1.82) is 0 Å². The Morgan fingerprint density at radius 1 is 1.22 bits per heavy atom.